The van der Waals surface area contributed by atoms with Gasteiger partial charge >= 0.3 is 0 Å². The van der Waals surface area contributed by atoms with Crippen LogP contribution in [-0.2, 0) is 27.1 Å². The van der Waals surface area contributed by atoms with Crippen LogP contribution in [0.3, 0.4) is 0 Å². The number of piperazine rings is 1. The second kappa shape index (κ2) is 18.5. The molecule has 0 saturated carbocycles. The van der Waals surface area contributed by atoms with E-state index in [-0.39, 0.29) is 18.2 Å². The zero-order valence-corrected chi connectivity index (χ0v) is 38.9. The lowest BCUT2D eigenvalue weighted by atomic mass is 9.96. The maximum atomic E-state index is 13.5. The number of imide groups is 1. The summed E-state index contributed by atoms with van der Waals surface area (Å²) in [7, 11) is -0.890. The first-order valence-electron chi connectivity index (χ1n) is 22.4. The highest BCUT2D eigenvalue weighted by Crippen LogP contribution is 2.41. The van der Waals surface area contributed by atoms with E-state index in [9.17, 15) is 18.9 Å². The molecule has 5 aromatic rings. The lowest BCUT2D eigenvalue weighted by Crippen LogP contribution is -2.53. The number of anilines is 6. The lowest BCUT2D eigenvalue weighted by molar-refractivity contribution is -0.136. The molecule has 4 aliphatic rings. The van der Waals surface area contributed by atoms with Crippen LogP contribution in [0.4, 0.5) is 34.5 Å². The Morgan fingerprint density at radius 3 is 2.34 bits per heavy atom. The molecule has 3 saturated heterocycles. The maximum Gasteiger partial charge on any atom is 0.255 e. The number of hydrogen-bond acceptors (Lipinski definition) is 12. The third-order valence-corrected chi connectivity index (χ3v) is 15.1. The zero-order valence-electron chi connectivity index (χ0n) is 37.3. The predicted octanol–water partition coefficient (Wildman–Crippen LogP) is 7.66. The van der Waals surface area contributed by atoms with Crippen molar-refractivity contribution in [2.45, 2.75) is 57.7 Å². The van der Waals surface area contributed by atoms with Crippen molar-refractivity contribution in [1.82, 2.24) is 25.1 Å². The number of benzene rings is 4. The summed E-state index contributed by atoms with van der Waals surface area (Å²) in [6.07, 6.45) is 5.09. The SMILES string of the molecule is CCc1cc(Nc2ncc(Cl)c(Nc3ccccc3P(C)(C)=O)n2)c(OC)cc1N1CCC(N2CCN(c3cccc(-c4cccc5c4CN(C4CCC(=O)NC4=O)C5=O)c3)CC2)CC1. The quantitative estimate of drug-likeness (QED) is 0.0833. The highest BCUT2D eigenvalue weighted by atomic mass is 35.5. The van der Waals surface area contributed by atoms with Gasteiger partial charge in [0.1, 0.15) is 24.0 Å². The molecule has 338 valence electrons. The van der Waals surface area contributed by atoms with Crippen LogP contribution in [0.15, 0.2) is 85.1 Å². The van der Waals surface area contributed by atoms with E-state index in [1.54, 1.807) is 31.5 Å². The Hall–Kier alpha value is -5.95. The van der Waals surface area contributed by atoms with Crippen molar-refractivity contribution < 1.29 is 23.7 Å². The number of aryl methyl sites for hydroxylation is 1. The zero-order chi connectivity index (χ0) is 45.4. The van der Waals surface area contributed by atoms with Crippen LogP contribution in [0.25, 0.3) is 11.1 Å². The summed E-state index contributed by atoms with van der Waals surface area (Å²) in [6.45, 7) is 11.7. The number of para-hydroxylation sites is 1. The molecular weight excluding hydrogens is 861 g/mol. The van der Waals surface area contributed by atoms with Crippen molar-refractivity contribution in [3.05, 3.63) is 107 Å². The smallest absolute Gasteiger partial charge is 0.255 e. The van der Waals surface area contributed by atoms with Crippen molar-refractivity contribution in [2.24, 2.45) is 0 Å². The van der Waals surface area contributed by atoms with Crippen LogP contribution >= 0.6 is 18.7 Å². The number of aromatic nitrogens is 2. The topological polar surface area (TPSA) is 152 Å². The van der Waals surface area contributed by atoms with Gasteiger partial charge in [0.05, 0.1) is 24.7 Å². The van der Waals surface area contributed by atoms with Gasteiger partial charge in [0, 0.05) is 86.6 Å². The number of carbonyl (C=O) groups excluding carboxylic acids is 3. The number of halogens is 1. The van der Waals surface area contributed by atoms with Gasteiger partial charge in [0.2, 0.25) is 17.8 Å². The van der Waals surface area contributed by atoms with Gasteiger partial charge in [0.25, 0.3) is 5.91 Å². The molecule has 5 heterocycles. The summed E-state index contributed by atoms with van der Waals surface area (Å²) in [6, 6.07) is 26.0. The standard InChI is InChI=1S/C49H55ClN9O5P/c1-5-31-27-40(53-49-51-29-38(50)46(55-49)52-39-14-6-7-15-44(39)65(3,4)63)43(64-2)28-42(31)58-20-18-33(19-21-58)56-22-24-57(25-23-56)34-11-8-10-32(26-34)35-12-9-13-36-37(35)30-59(48(36)62)41-16-17-45(60)54-47(41)61/h6-15,26-29,33,41H,5,16-25,30H2,1-4H3,(H,54,60,61)(H2,51,52,53,55). The highest BCUT2D eigenvalue weighted by molar-refractivity contribution is 7.70. The van der Waals surface area contributed by atoms with E-state index in [1.165, 1.54) is 11.3 Å². The van der Waals surface area contributed by atoms with Gasteiger partial charge in [-0.3, -0.25) is 24.6 Å². The molecule has 9 rings (SSSR count). The van der Waals surface area contributed by atoms with Gasteiger partial charge < -0.3 is 34.6 Å². The Balaban J connectivity index is 0.821. The summed E-state index contributed by atoms with van der Waals surface area (Å²) in [5.74, 6) is 0.597. The summed E-state index contributed by atoms with van der Waals surface area (Å²) < 4.78 is 18.9. The molecule has 0 bridgehead atoms. The van der Waals surface area contributed by atoms with Gasteiger partial charge in [-0.2, -0.15) is 4.98 Å². The molecule has 3 N–H and O–H groups in total. The number of ether oxygens (including phenoxy) is 1. The third kappa shape index (κ3) is 9.17. The van der Waals surface area contributed by atoms with Gasteiger partial charge in [-0.1, -0.05) is 54.9 Å². The van der Waals surface area contributed by atoms with Crippen LogP contribution in [0, 0.1) is 0 Å². The van der Waals surface area contributed by atoms with Gasteiger partial charge in [-0.25, -0.2) is 4.98 Å². The lowest BCUT2D eigenvalue weighted by Gasteiger charge is -2.44. The van der Waals surface area contributed by atoms with Crippen molar-refractivity contribution in [3.63, 3.8) is 0 Å². The van der Waals surface area contributed by atoms with E-state index in [2.05, 4.69) is 85.0 Å². The minimum atomic E-state index is -2.56. The fraction of sp³-hybridized carbons (Fsp3) is 0.367. The van der Waals surface area contributed by atoms with Gasteiger partial charge in [-0.05, 0) is 97.7 Å². The van der Waals surface area contributed by atoms with Crippen LogP contribution in [0.1, 0.15) is 54.1 Å². The molecule has 0 spiro atoms. The van der Waals surface area contributed by atoms with Crippen LogP contribution in [0.5, 0.6) is 5.75 Å². The number of nitrogens with zero attached hydrogens (tertiary/aromatic N) is 6. The Labute approximate surface area is 385 Å². The number of nitrogens with one attached hydrogen (secondary N) is 3. The monoisotopic (exact) mass is 915 g/mol. The molecule has 4 aliphatic heterocycles. The maximum absolute atomic E-state index is 13.5. The highest BCUT2D eigenvalue weighted by Gasteiger charge is 2.40. The first-order chi connectivity index (χ1) is 31.4. The molecule has 1 unspecified atom stereocenters. The first kappa shape index (κ1) is 44.3. The first-order valence-corrected chi connectivity index (χ1v) is 25.4. The van der Waals surface area contributed by atoms with Crippen molar-refractivity contribution in [3.8, 4) is 16.9 Å². The number of amides is 3. The Morgan fingerprint density at radius 2 is 1.60 bits per heavy atom. The number of piperidine rings is 2. The molecule has 65 heavy (non-hydrogen) atoms. The molecule has 16 heteroatoms. The van der Waals surface area contributed by atoms with E-state index in [0.29, 0.717) is 52.8 Å². The average molecular weight is 916 g/mol. The van der Waals surface area contributed by atoms with Gasteiger partial charge in [0.15, 0.2) is 5.82 Å². The fourth-order valence-corrected chi connectivity index (χ4v) is 11.1. The molecule has 1 atom stereocenters. The molecule has 3 fully saturated rings. The summed E-state index contributed by atoms with van der Waals surface area (Å²) in [5.41, 5.74) is 8.56. The number of rotatable bonds is 12. The molecule has 3 amide bonds. The van der Waals surface area contributed by atoms with E-state index < -0.39 is 19.1 Å². The summed E-state index contributed by atoms with van der Waals surface area (Å²) in [5, 5.41) is 10.1. The number of carbonyl (C=O) groups is 3. The number of fused-ring (bicyclic) bond motifs is 1. The van der Waals surface area contributed by atoms with Gasteiger partial charge in [-0.15, -0.1) is 0 Å². The Bertz CT molecular complexity index is 2690. The van der Waals surface area contributed by atoms with Crippen molar-refractivity contribution in [2.75, 3.05) is 80.1 Å². The summed E-state index contributed by atoms with van der Waals surface area (Å²) >= 11 is 6.55. The molecule has 0 radical (unpaired) electrons. The predicted molar refractivity (Wildman–Crippen MR) is 258 cm³/mol. The van der Waals surface area contributed by atoms with Crippen LogP contribution in [-0.4, -0.2) is 109 Å². The van der Waals surface area contributed by atoms with E-state index in [1.807, 2.05) is 36.4 Å². The second-order valence-electron chi connectivity index (χ2n) is 17.6. The largest absolute Gasteiger partial charge is 0.494 e. The van der Waals surface area contributed by atoms with E-state index >= 15 is 0 Å². The average Bonchev–Trinajstić information content (AvgIpc) is 3.65. The molecule has 14 nitrogen and oxygen atoms in total. The van der Waals surface area contributed by atoms with Crippen molar-refractivity contribution >= 4 is 76.3 Å². The Kier molecular flexibility index (Phi) is 12.6. The molecule has 4 aromatic carbocycles. The van der Waals surface area contributed by atoms with Crippen molar-refractivity contribution in [1.29, 1.82) is 0 Å². The molecule has 1 aromatic heterocycles. The van der Waals surface area contributed by atoms with E-state index in [4.69, 9.17) is 21.3 Å². The second-order valence-corrected chi connectivity index (χ2v) is 21.2. The summed E-state index contributed by atoms with van der Waals surface area (Å²) in [4.78, 5) is 56.3. The normalized spacial score (nSPS) is 18.4. The Morgan fingerprint density at radius 1 is 0.846 bits per heavy atom. The van der Waals surface area contributed by atoms with Crippen LogP contribution < -0.4 is 35.8 Å². The van der Waals surface area contributed by atoms with Crippen LogP contribution in [0.2, 0.25) is 5.02 Å². The fourth-order valence-electron chi connectivity index (χ4n) is 9.81. The number of hydrogen-bond donors (Lipinski definition) is 3. The molecular formula is C49H55ClN9O5P. The molecule has 0 aliphatic carbocycles. The third-order valence-electron chi connectivity index (χ3n) is 13.2. The minimum absolute atomic E-state index is 0.161. The minimum Gasteiger partial charge on any atom is -0.494 e. The van der Waals surface area contributed by atoms with E-state index in [0.717, 1.165) is 91.9 Å². The number of methoxy groups -OCH3 is 1.